The van der Waals surface area contributed by atoms with Gasteiger partial charge in [0.1, 0.15) is 5.84 Å². The number of carbonyl (C=O) groups excluding carboxylic acids is 2. The highest BCUT2D eigenvalue weighted by atomic mass is 35.5. The highest BCUT2D eigenvalue weighted by Crippen LogP contribution is 2.23. The smallest absolute Gasteiger partial charge is 0.257 e. The highest BCUT2D eigenvalue weighted by molar-refractivity contribution is 6.31. The molecule has 0 saturated carbocycles. The monoisotopic (exact) mass is 490 g/mol. The average Bonchev–Trinajstić information content (AvgIpc) is 2.88. The van der Waals surface area contributed by atoms with E-state index in [9.17, 15) is 9.59 Å². The van der Waals surface area contributed by atoms with Gasteiger partial charge in [0.2, 0.25) is 0 Å². The number of anilines is 2. The van der Waals surface area contributed by atoms with E-state index in [2.05, 4.69) is 17.2 Å². The number of likely N-dealkylation sites (N-methyl/N-ethyl adjacent to an activating group) is 1. The fourth-order valence-electron chi connectivity index (χ4n) is 3.25. The van der Waals surface area contributed by atoms with Crippen LogP contribution in [0.1, 0.15) is 31.8 Å². The van der Waals surface area contributed by atoms with Gasteiger partial charge in [-0.15, -0.1) is 0 Å². The third-order valence-corrected chi connectivity index (χ3v) is 5.55. The number of halogens is 1. The third-order valence-electron chi connectivity index (χ3n) is 5.31. The van der Waals surface area contributed by atoms with Crippen LogP contribution in [0, 0.1) is 5.41 Å². The second-order valence-corrected chi connectivity index (χ2v) is 8.20. The van der Waals surface area contributed by atoms with E-state index in [4.69, 9.17) is 21.7 Å². The standard InChI is InChI=1S/C27H27ClN4O3/c1-4-18-5-12-22(13-6-18)30-27(34)23-17-21(28)11-14-24(23)31-26(33)20-9-7-19(8-10-20)25(29)32(2)15-16-35-3/h4-14,17,29H,1,15-16H2,2-3H3,(H,30,34)(H,31,33). The molecule has 0 aliphatic heterocycles. The molecule has 2 amide bonds. The zero-order valence-corrected chi connectivity index (χ0v) is 20.4. The number of amidine groups is 1. The van der Waals surface area contributed by atoms with Crippen molar-refractivity contribution < 1.29 is 14.3 Å². The number of nitrogens with one attached hydrogen (secondary N) is 3. The first-order valence-electron chi connectivity index (χ1n) is 10.9. The number of ether oxygens (including phenoxy) is 1. The largest absolute Gasteiger partial charge is 0.383 e. The first-order chi connectivity index (χ1) is 16.8. The fourth-order valence-corrected chi connectivity index (χ4v) is 3.42. The van der Waals surface area contributed by atoms with E-state index in [-0.39, 0.29) is 11.5 Å². The lowest BCUT2D eigenvalue weighted by atomic mass is 10.1. The van der Waals surface area contributed by atoms with Gasteiger partial charge < -0.3 is 20.3 Å². The van der Waals surface area contributed by atoms with Crippen molar-refractivity contribution in [2.45, 2.75) is 0 Å². The quantitative estimate of drug-likeness (QED) is 0.277. The Balaban J connectivity index is 1.74. The van der Waals surface area contributed by atoms with Crippen LogP contribution in [-0.2, 0) is 4.74 Å². The Kier molecular flexibility index (Phi) is 8.78. The molecule has 3 N–H and O–H groups in total. The molecular weight excluding hydrogens is 464 g/mol. The van der Waals surface area contributed by atoms with E-state index in [0.29, 0.717) is 46.5 Å². The molecule has 0 aliphatic carbocycles. The summed E-state index contributed by atoms with van der Waals surface area (Å²) in [7, 11) is 3.42. The van der Waals surface area contributed by atoms with Crippen LogP contribution in [0.25, 0.3) is 6.08 Å². The van der Waals surface area contributed by atoms with Crippen molar-refractivity contribution in [1.29, 1.82) is 5.41 Å². The maximum Gasteiger partial charge on any atom is 0.257 e. The Bertz CT molecular complexity index is 1220. The van der Waals surface area contributed by atoms with E-state index in [1.54, 1.807) is 66.6 Å². The van der Waals surface area contributed by atoms with E-state index in [1.807, 2.05) is 19.2 Å². The van der Waals surface area contributed by atoms with Gasteiger partial charge in [-0.3, -0.25) is 15.0 Å². The molecule has 35 heavy (non-hydrogen) atoms. The van der Waals surface area contributed by atoms with Gasteiger partial charge >= 0.3 is 0 Å². The van der Waals surface area contributed by atoms with Gasteiger partial charge in [0.25, 0.3) is 11.8 Å². The Morgan fingerprint density at radius 3 is 2.29 bits per heavy atom. The Hall–Kier alpha value is -3.94. The van der Waals surface area contributed by atoms with Crippen molar-refractivity contribution in [3.63, 3.8) is 0 Å². The number of methoxy groups -OCH3 is 1. The third kappa shape index (κ3) is 6.79. The molecule has 0 fully saturated rings. The summed E-state index contributed by atoms with van der Waals surface area (Å²) >= 11 is 6.13. The molecule has 0 aromatic heterocycles. The Morgan fingerprint density at radius 2 is 1.66 bits per heavy atom. The molecule has 0 unspecified atom stereocenters. The number of benzene rings is 3. The van der Waals surface area contributed by atoms with Crippen LogP contribution < -0.4 is 10.6 Å². The van der Waals surface area contributed by atoms with Gasteiger partial charge in [-0.05, 0) is 48.0 Å². The van der Waals surface area contributed by atoms with Gasteiger partial charge in [0.15, 0.2) is 0 Å². The molecule has 0 saturated heterocycles. The average molecular weight is 491 g/mol. The van der Waals surface area contributed by atoms with Gasteiger partial charge in [-0.2, -0.15) is 0 Å². The van der Waals surface area contributed by atoms with Crippen LogP contribution in [0.3, 0.4) is 0 Å². The SMILES string of the molecule is C=Cc1ccc(NC(=O)c2cc(Cl)ccc2NC(=O)c2ccc(C(=N)N(C)CCOC)cc2)cc1. The number of carbonyl (C=O) groups is 2. The Morgan fingerprint density at radius 1 is 1.00 bits per heavy atom. The zero-order chi connectivity index (χ0) is 25.4. The second kappa shape index (κ2) is 12.0. The molecule has 0 radical (unpaired) electrons. The predicted molar refractivity (Wildman–Crippen MR) is 142 cm³/mol. The first-order valence-corrected chi connectivity index (χ1v) is 11.2. The van der Waals surface area contributed by atoms with Crippen molar-refractivity contribution in [3.05, 3.63) is 101 Å². The first kappa shape index (κ1) is 25.7. The molecular formula is C27H27ClN4O3. The molecule has 3 rings (SSSR count). The molecule has 0 aliphatic rings. The lowest BCUT2D eigenvalue weighted by molar-refractivity contribution is 0.102. The van der Waals surface area contributed by atoms with Crippen LogP contribution >= 0.6 is 11.6 Å². The topological polar surface area (TPSA) is 94.5 Å². The number of hydrogen-bond acceptors (Lipinski definition) is 4. The summed E-state index contributed by atoms with van der Waals surface area (Å²) in [6.45, 7) is 4.81. The molecule has 3 aromatic rings. The summed E-state index contributed by atoms with van der Waals surface area (Å²) in [6.07, 6.45) is 1.71. The van der Waals surface area contributed by atoms with Crippen LogP contribution in [0.2, 0.25) is 5.02 Å². The highest BCUT2D eigenvalue weighted by Gasteiger charge is 2.16. The van der Waals surface area contributed by atoms with Crippen LogP contribution in [0.15, 0.2) is 73.3 Å². The minimum absolute atomic E-state index is 0.233. The minimum atomic E-state index is -0.406. The van der Waals surface area contributed by atoms with Crippen molar-refractivity contribution in [3.8, 4) is 0 Å². The summed E-state index contributed by atoms with van der Waals surface area (Å²) in [6, 6.07) is 18.6. The molecule has 0 atom stereocenters. The van der Waals surface area contributed by atoms with Crippen molar-refractivity contribution in [2.24, 2.45) is 0 Å². The van der Waals surface area contributed by atoms with Crippen LogP contribution in [0.4, 0.5) is 11.4 Å². The summed E-state index contributed by atoms with van der Waals surface area (Å²) in [5.74, 6) is -0.466. The molecule has 180 valence electrons. The maximum atomic E-state index is 12.9. The molecule has 8 heteroatoms. The Labute approximate surface area is 209 Å². The van der Waals surface area contributed by atoms with Gasteiger partial charge in [0.05, 0.1) is 17.9 Å². The fraction of sp³-hybridized carbons (Fsp3) is 0.148. The van der Waals surface area contributed by atoms with Crippen molar-refractivity contribution >= 4 is 46.7 Å². The molecule has 0 bridgehead atoms. The number of nitrogens with zero attached hydrogens (tertiary/aromatic N) is 1. The van der Waals surface area contributed by atoms with Crippen molar-refractivity contribution in [1.82, 2.24) is 4.90 Å². The lowest BCUT2D eigenvalue weighted by Crippen LogP contribution is -2.30. The van der Waals surface area contributed by atoms with E-state index in [1.165, 1.54) is 6.07 Å². The summed E-state index contributed by atoms with van der Waals surface area (Å²) in [4.78, 5) is 27.6. The molecule has 7 nitrogen and oxygen atoms in total. The normalized spacial score (nSPS) is 10.4. The lowest BCUT2D eigenvalue weighted by Gasteiger charge is -2.19. The zero-order valence-electron chi connectivity index (χ0n) is 19.6. The van der Waals surface area contributed by atoms with Crippen molar-refractivity contribution in [2.75, 3.05) is 37.9 Å². The van der Waals surface area contributed by atoms with Crippen LogP contribution in [-0.4, -0.2) is 49.9 Å². The van der Waals surface area contributed by atoms with E-state index in [0.717, 1.165) is 5.56 Å². The molecule has 3 aromatic carbocycles. The maximum absolute atomic E-state index is 12.9. The minimum Gasteiger partial charge on any atom is -0.383 e. The number of hydrogen-bond donors (Lipinski definition) is 3. The van der Waals surface area contributed by atoms with Gasteiger partial charge in [-0.1, -0.05) is 48.5 Å². The summed E-state index contributed by atoms with van der Waals surface area (Å²) in [5, 5.41) is 14.3. The molecule has 0 heterocycles. The summed E-state index contributed by atoms with van der Waals surface area (Å²) < 4.78 is 5.05. The summed E-state index contributed by atoms with van der Waals surface area (Å²) in [5.41, 5.74) is 3.16. The van der Waals surface area contributed by atoms with Gasteiger partial charge in [0, 0.05) is 42.5 Å². The predicted octanol–water partition coefficient (Wildman–Crippen LogP) is 5.39. The van der Waals surface area contributed by atoms with Gasteiger partial charge in [-0.25, -0.2) is 0 Å². The molecule has 0 spiro atoms. The number of amides is 2. The second-order valence-electron chi connectivity index (χ2n) is 7.76. The van der Waals surface area contributed by atoms with E-state index < -0.39 is 5.91 Å². The number of rotatable bonds is 9. The van der Waals surface area contributed by atoms with Crippen LogP contribution in [0.5, 0.6) is 0 Å². The van der Waals surface area contributed by atoms with E-state index >= 15 is 0 Å².